The Hall–Kier alpha value is -1.67. The van der Waals surface area contributed by atoms with Crippen LogP contribution in [0.2, 0.25) is 0 Å². The molecule has 0 radical (unpaired) electrons. The molecular weight excluding hydrogens is 414 g/mol. The molecule has 31 heavy (non-hydrogen) atoms. The van der Waals surface area contributed by atoms with E-state index >= 15 is 0 Å². The van der Waals surface area contributed by atoms with Gasteiger partial charge in [0.05, 0.1) is 4.92 Å². The summed E-state index contributed by atoms with van der Waals surface area (Å²) >= 11 is 1.29. The van der Waals surface area contributed by atoms with Gasteiger partial charge in [0.25, 0.3) is 0 Å². The smallest absolute Gasteiger partial charge is 0.410 e. The number of nitro groups is 1. The zero-order chi connectivity index (χ0) is 22.4. The molecule has 1 saturated heterocycles. The lowest BCUT2D eigenvalue weighted by Gasteiger charge is -2.37. The van der Waals surface area contributed by atoms with Gasteiger partial charge in [-0.05, 0) is 64.4 Å². The number of amides is 1. The predicted molar refractivity (Wildman–Crippen MR) is 123 cm³/mol. The maximum absolute atomic E-state index is 12.3. The second-order valence-electron chi connectivity index (χ2n) is 10.1. The van der Waals surface area contributed by atoms with Crippen molar-refractivity contribution < 1.29 is 14.5 Å². The highest BCUT2D eigenvalue weighted by Gasteiger charge is 2.28. The Balaban J connectivity index is 1.56. The summed E-state index contributed by atoms with van der Waals surface area (Å²) in [6, 6.07) is 3.53. The lowest BCUT2D eigenvalue weighted by Crippen LogP contribution is -2.44. The van der Waals surface area contributed by atoms with Crippen molar-refractivity contribution >= 4 is 22.4 Å². The van der Waals surface area contributed by atoms with Crippen LogP contribution in [-0.2, 0) is 11.3 Å². The number of carbonyl (C=O) groups excluding carboxylic acids is 1. The number of hydrogen-bond acceptors (Lipinski definition) is 6. The van der Waals surface area contributed by atoms with Crippen molar-refractivity contribution in [3.05, 3.63) is 27.1 Å². The molecule has 2 fully saturated rings. The van der Waals surface area contributed by atoms with Crippen molar-refractivity contribution in [3.63, 3.8) is 0 Å². The Kier molecular flexibility index (Phi) is 8.33. The van der Waals surface area contributed by atoms with Crippen LogP contribution in [0.25, 0.3) is 0 Å². The van der Waals surface area contributed by atoms with E-state index in [0.717, 1.165) is 56.4 Å². The Bertz CT molecular complexity index is 731. The molecule has 0 unspecified atom stereocenters. The Morgan fingerprint density at radius 1 is 1.13 bits per heavy atom. The van der Waals surface area contributed by atoms with Crippen LogP contribution in [0.15, 0.2) is 12.1 Å². The fraction of sp³-hybridized carbons (Fsp3) is 0.783. The van der Waals surface area contributed by atoms with Crippen molar-refractivity contribution in [1.82, 2.24) is 9.80 Å². The number of ether oxygens (including phenoxy) is 1. The van der Waals surface area contributed by atoms with Crippen molar-refractivity contribution in [3.8, 4) is 0 Å². The number of hydrogen-bond donors (Lipinski definition) is 0. The number of piperidine rings is 1. The van der Waals surface area contributed by atoms with E-state index in [-0.39, 0.29) is 16.0 Å². The van der Waals surface area contributed by atoms with Gasteiger partial charge in [-0.2, -0.15) is 0 Å². The highest BCUT2D eigenvalue weighted by atomic mass is 32.1. The third-order valence-electron chi connectivity index (χ3n) is 6.23. The first-order valence-electron chi connectivity index (χ1n) is 11.6. The van der Waals surface area contributed by atoms with Crippen molar-refractivity contribution in [2.75, 3.05) is 26.2 Å². The maximum atomic E-state index is 12.3. The molecule has 3 rings (SSSR count). The highest BCUT2D eigenvalue weighted by molar-refractivity contribution is 7.15. The van der Waals surface area contributed by atoms with Crippen LogP contribution < -0.4 is 0 Å². The SMILES string of the molecule is CC(C)(C)OC(=O)N1CCC(CN(Cc2ccc([N+](=O)[O-])s2)CC2CCCCC2)CC1. The second-order valence-corrected chi connectivity index (χ2v) is 11.3. The highest BCUT2D eigenvalue weighted by Crippen LogP contribution is 2.29. The molecule has 0 bridgehead atoms. The van der Waals surface area contributed by atoms with Gasteiger partial charge in [-0.15, -0.1) is 0 Å². The van der Waals surface area contributed by atoms with Gasteiger partial charge < -0.3 is 9.64 Å². The van der Waals surface area contributed by atoms with Gasteiger partial charge in [0.1, 0.15) is 5.60 Å². The molecule has 1 aromatic heterocycles. The first kappa shape index (κ1) is 24.0. The molecular formula is C23H37N3O4S. The summed E-state index contributed by atoms with van der Waals surface area (Å²) in [7, 11) is 0. The van der Waals surface area contributed by atoms with Gasteiger partial charge in [0.2, 0.25) is 0 Å². The molecule has 1 aliphatic heterocycles. The number of thiophene rings is 1. The fourth-order valence-corrected chi connectivity index (χ4v) is 5.56. The molecule has 174 valence electrons. The Morgan fingerprint density at radius 2 is 1.74 bits per heavy atom. The average molecular weight is 452 g/mol. The van der Waals surface area contributed by atoms with Crippen molar-refractivity contribution in [2.24, 2.45) is 11.8 Å². The molecule has 0 atom stereocenters. The Labute approximate surface area is 189 Å². The minimum absolute atomic E-state index is 0.212. The Morgan fingerprint density at radius 3 is 2.29 bits per heavy atom. The maximum Gasteiger partial charge on any atom is 0.410 e. The van der Waals surface area contributed by atoms with E-state index in [1.165, 1.54) is 43.4 Å². The van der Waals surface area contributed by atoms with Crippen molar-refractivity contribution in [2.45, 2.75) is 77.9 Å². The lowest BCUT2D eigenvalue weighted by molar-refractivity contribution is -0.380. The van der Waals surface area contributed by atoms with Crippen LogP contribution in [-0.4, -0.2) is 52.6 Å². The van der Waals surface area contributed by atoms with Gasteiger partial charge in [-0.3, -0.25) is 15.0 Å². The molecule has 0 spiro atoms. The van der Waals surface area contributed by atoms with E-state index in [9.17, 15) is 14.9 Å². The summed E-state index contributed by atoms with van der Waals surface area (Å²) in [5, 5.41) is 11.3. The molecule has 2 heterocycles. The summed E-state index contributed by atoms with van der Waals surface area (Å²) in [6.07, 6.45) is 8.30. The predicted octanol–water partition coefficient (Wildman–Crippen LogP) is 5.69. The minimum atomic E-state index is -0.464. The minimum Gasteiger partial charge on any atom is -0.444 e. The molecule has 1 amide bonds. The van der Waals surface area contributed by atoms with Gasteiger partial charge >= 0.3 is 11.1 Å². The molecule has 8 heteroatoms. The molecule has 0 aromatic carbocycles. The molecule has 1 saturated carbocycles. The molecule has 0 N–H and O–H groups in total. The lowest BCUT2D eigenvalue weighted by atomic mass is 9.88. The van der Waals surface area contributed by atoms with Crippen LogP contribution in [0.3, 0.4) is 0 Å². The summed E-state index contributed by atoms with van der Waals surface area (Å²) in [5.41, 5.74) is -0.464. The van der Waals surface area contributed by atoms with Crippen molar-refractivity contribution in [1.29, 1.82) is 0 Å². The molecule has 7 nitrogen and oxygen atoms in total. The average Bonchev–Trinajstić information content (AvgIpc) is 3.17. The van der Waals surface area contributed by atoms with E-state index in [1.807, 2.05) is 31.7 Å². The van der Waals surface area contributed by atoms with Gasteiger partial charge in [0.15, 0.2) is 0 Å². The standard InChI is InChI=1S/C23H37N3O4S/c1-23(2,3)30-22(27)25-13-11-19(12-14-25)16-24(15-18-7-5-4-6-8-18)17-20-9-10-21(31-20)26(28)29/h9-10,18-19H,4-8,11-17H2,1-3H3. The van der Waals surface area contributed by atoms with Gasteiger partial charge in [0, 0.05) is 43.7 Å². The van der Waals surface area contributed by atoms with E-state index in [2.05, 4.69) is 4.90 Å². The number of nitrogens with zero attached hydrogens (tertiary/aromatic N) is 3. The molecule has 1 aromatic rings. The first-order chi connectivity index (χ1) is 14.7. The number of rotatable bonds is 7. The van der Waals surface area contributed by atoms with E-state index in [0.29, 0.717) is 5.92 Å². The van der Waals surface area contributed by atoms with Crippen LogP contribution in [0, 0.1) is 22.0 Å². The zero-order valence-corrected chi connectivity index (χ0v) is 20.0. The van der Waals surface area contributed by atoms with Gasteiger partial charge in [-0.25, -0.2) is 4.79 Å². The first-order valence-corrected chi connectivity index (χ1v) is 12.4. The topological polar surface area (TPSA) is 75.9 Å². The van der Waals surface area contributed by atoms with Crippen LogP contribution in [0.5, 0.6) is 0 Å². The monoisotopic (exact) mass is 451 g/mol. The summed E-state index contributed by atoms with van der Waals surface area (Å²) in [4.78, 5) is 28.5. The van der Waals surface area contributed by atoms with Crippen LogP contribution in [0.1, 0.15) is 70.6 Å². The van der Waals surface area contributed by atoms with Gasteiger partial charge in [-0.1, -0.05) is 30.6 Å². The van der Waals surface area contributed by atoms with E-state index in [1.54, 1.807) is 6.07 Å². The third-order valence-corrected chi connectivity index (χ3v) is 7.25. The second kappa shape index (κ2) is 10.8. The summed E-state index contributed by atoms with van der Waals surface area (Å²) in [6.45, 7) is 10.0. The number of carbonyl (C=O) groups is 1. The summed E-state index contributed by atoms with van der Waals surface area (Å²) in [5.74, 6) is 1.27. The molecule has 2 aliphatic rings. The number of likely N-dealkylation sites (tertiary alicyclic amines) is 1. The van der Waals surface area contributed by atoms with Crippen LogP contribution >= 0.6 is 11.3 Å². The fourth-order valence-electron chi connectivity index (χ4n) is 4.70. The zero-order valence-electron chi connectivity index (χ0n) is 19.2. The third kappa shape index (κ3) is 7.75. The normalized spacial score (nSPS) is 19.0. The van der Waals surface area contributed by atoms with E-state index < -0.39 is 5.60 Å². The quantitative estimate of drug-likeness (QED) is 0.393. The molecule has 1 aliphatic carbocycles. The summed E-state index contributed by atoms with van der Waals surface area (Å²) < 4.78 is 5.52. The van der Waals surface area contributed by atoms with E-state index in [4.69, 9.17) is 4.74 Å². The largest absolute Gasteiger partial charge is 0.444 e. The van der Waals surface area contributed by atoms with Crippen LogP contribution in [0.4, 0.5) is 9.80 Å².